The number of carbonyl (C=O) groups excluding carboxylic acids is 4. The highest BCUT2D eigenvalue weighted by molar-refractivity contribution is 9.10. The maximum Gasteiger partial charge on any atom is 0.262 e. The molecule has 20 heteroatoms. The number of nitrogens with zero attached hydrogens (tertiary/aromatic N) is 9. The third kappa shape index (κ3) is 11.0. The lowest BCUT2D eigenvalue weighted by Crippen LogP contribution is -2.54. The molecule has 0 saturated carbocycles. The molecule has 11 rings (SSSR count). The minimum absolute atomic E-state index is 0.0940. The number of hydrogen-bond donors (Lipinski definition) is 3. The maximum absolute atomic E-state index is 13.7. The molecule has 1 atom stereocenters. The van der Waals surface area contributed by atoms with E-state index in [1.54, 1.807) is 38.8 Å². The topological polar surface area (TPSA) is 190 Å². The standard InChI is InChI=1S/C57H64BrN12O6P/c1-65-35-39(32-60-65)43-30-47(62-57-59-33-45(58)53(64-57)61-46-13-10-38(28-51(46)77(3,4)75)37-8-6-5-7-9-37)50(76-2)31-49(43)69-26-24-68(25-27-69)40-18-20-66(21-19-40)34-36-16-22-67(23-17-36)41-11-12-42-44(29-41)56(74)70(55(42)73)48-14-15-52(71)63-54(48)72/h5-13,28-33,35-36,40,48H,14-27,34H2,1-4H3,(H,63,71,72)(H2,59,61,62,64). The van der Waals surface area contributed by atoms with Crippen LogP contribution in [0, 0.1) is 5.92 Å². The van der Waals surface area contributed by atoms with E-state index in [0.717, 1.165) is 128 Å². The van der Waals surface area contributed by atoms with Gasteiger partial charge in [0.2, 0.25) is 17.8 Å². The molecule has 1 unspecified atom stereocenters. The summed E-state index contributed by atoms with van der Waals surface area (Å²) in [7, 11) is 0.892. The van der Waals surface area contributed by atoms with E-state index in [2.05, 4.69) is 73.7 Å². The van der Waals surface area contributed by atoms with Crippen molar-refractivity contribution in [2.75, 3.05) is 99.8 Å². The van der Waals surface area contributed by atoms with Gasteiger partial charge in [0.05, 0.1) is 40.3 Å². The van der Waals surface area contributed by atoms with Gasteiger partial charge in [-0.25, -0.2) is 4.98 Å². The Balaban J connectivity index is 0.699. The highest BCUT2D eigenvalue weighted by atomic mass is 79.9. The number of likely N-dealkylation sites (tertiary alicyclic amines) is 1. The Labute approximate surface area is 457 Å². The molecular formula is C57H64BrN12O6P. The molecular weight excluding hydrogens is 1060 g/mol. The fourth-order valence-corrected chi connectivity index (χ4v) is 13.2. The zero-order valence-electron chi connectivity index (χ0n) is 43.9. The van der Waals surface area contributed by atoms with E-state index in [1.807, 2.05) is 78.7 Å². The molecule has 77 heavy (non-hydrogen) atoms. The van der Waals surface area contributed by atoms with Crippen LogP contribution in [-0.2, 0) is 21.2 Å². The van der Waals surface area contributed by atoms with Gasteiger partial charge in [-0.2, -0.15) is 10.1 Å². The van der Waals surface area contributed by atoms with Crippen molar-refractivity contribution < 1.29 is 28.5 Å². The van der Waals surface area contributed by atoms with Gasteiger partial charge in [-0.05, 0) is 128 Å². The van der Waals surface area contributed by atoms with Crippen molar-refractivity contribution in [3.8, 4) is 28.0 Å². The Kier molecular flexibility index (Phi) is 14.8. The van der Waals surface area contributed by atoms with Crippen molar-refractivity contribution in [2.45, 2.75) is 50.6 Å². The first kappa shape index (κ1) is 52.1. The van der Waals surface area contributed by atoms with E-state index in [4.69, 9.17) is 9.72 Å². The van der Waals surface area contributed by atoms with Crippen LogP contribution in [0.15, 0.2) is 102 Å². The second-order valence-corrected chi connectivity index (χ2v) is 25.3. The van der Waals surface area contributed by atoms with Crippen LogP contribution in [0.4, 0.5) is 34.5 Å². The lowest BCUT2D eigenvalue weighted by Gasteiger charge is -2.44. The fraction of sp³-hybridized carbons (Fsp3) is 0.386. The predicted octanol–water partition coefficient (Wildman–Crippen LogP) is 7.95. The smallest absolute Gasteiger partial charge is 0.262 e. The number of imide groups is 2. The molecule has 400 valence electrons. The van der Waals surface area contributed by atoms with Gasteiger partial charge in [-0.3, -0.25) is 39.0 Å². The monoisotopic (exact) mass is 1120 g/mol. The van der Waals surface area contributed by atoms with Gasteiger partial charge < -0.3 is 34.6 Å². The minimum Gasteiger partial charge on any atom is -0.494 e. The van der Waals surface area contributed by atoms with Gasteiger partial charge in [-0.15, -0.1) is 0 Å². The maximum atomic E-state index is 13.7. The summed E-state index contributed by atoms with van der Waals surface area (Å²) in [6, 6.07) is 25.2. The van der Waals surface area contributed by atoms with Crippen LogP contribution in [-0.4, -0.2) is 150 Å². The quantitative estimate of drug-likeness (QED) is 0.0703. The van der Waals surface area contributed by atoms with E-state index < -0.39 is 30.9 Å². The van der Waals surface area contributed by atoms with Crippen LogP contribution in [0.1, 0.15) is 59.2 Å². The Morgan fingerprint density at radius 2 is 1.49 bits per heavy atom. The number of benzene rings is 4. The number of anilines is 6. The SMILES string of the molecule is COc1cc(N2CCN(C3CCN(CC4CCN(c5ccc6c(c5)C(=O)N(C5CCC(=O)NC5=O)C6=O)CC4)CC3)CC2)c(-c2cnn(C)c2)cc1Nc1ncc(Br)c(Nc2ccc(-c3ccccc3)cc2P(C)(C)=O)n1. The summed E-state index contributed by atoms with van der Waals surface area (Å²) >= 11 is 3.65. The molecule has 5 aliphatic rings. The number of halogens is 1. The second kappa shape index (κ2) is 21.8. The molecule has 4 aromatic carbocycles. The van der Waals surface area contributed by atoms with Gasteiger partial charge >= 0.3 is 0 Å². The summed E-state index contributed by atoms with van der Waals surface area (Å²) < 4.78 is 22.2. The number of ether oxygens (including phenoxy) is 1. The zero-order valence-corrected chi connectivity index (χ0v) is 46.4. The number of nitrogens with one attached hydrogen (secondary N) is 3. The Hall–Kier alpha value is -6.92. The number of carbonyl (C=O) groups is 4. The Bertz CT molecular complexity index is 3290. The van der Waals surface area contributed by atoms with E-state index in [-0.39, 0.29) is 18.7 Å². The van der Waals surface area contributed by atoms with Crippen LogP contribution >= 0.6 is 23.1 Å². The summed E-state index contributed by atoms with van der Waals surface area (Å²) in [5.41, 5.74) is 8.08. The van der Waals surface area contributed by atoms with Crippen molar-refractivity contribution in [1.82, 2.24) is 39.8 Å². The summed E-state index contributed by atoms with van der Waals surface area (Å²) in [5.74, 6) is 0.177. The average molecular weight is 1120 g/mol. The number of fused-ring (bicyclic) bond motifs is 1. The van der Waals surface area contributed by atoms with Crippen LogP contribution in [0.3, 0.4) is 0 Å². The highest BCUT2D eigenvalue weighted by Gasteiger charge is 2.45. The third-order valence-electron chi connectivity index (χ3n) is 15.9. The van der Waals surface area contributed by atoms with Crippen LogP contribution in [0.2, 0.25) is 0 Å². The molecule has 7 heterocycles. The Morgan fingerprint density at radius 1 is 0.740 bits per heavy atom. The number of amides is 4. The lowest BCUT2D eigenvalue weighted by atomic mass is 9.93. The molecule has 0 aliphatic carbocycles. The number of hydrogen-bond acceptors (Lipinski definition) is 15. The number of methoxy groups -OCH3 is 1. The number of aromatic nitrogens is 4. The van der Waals surface area contributed by atoms with Crippen molar-refractivity contribution in [3.63, 3.8) is 0 Å². The van der Waals surface area contributed by atoms with Crippen LogP contribution in [0.25, 0.3) is 22.3 Å². The van der Waals surface area contributed by atoms with Crippen LogP contribution in [0.5, 0.6) is 5.75 Å². The van der Waals surface area contributed by atoms with Crippen molar-refractivity contribution in [2.24, 2.45) is 13.0 Å². The molecule has 4 amide bonds. The van der Waals surface area contributed by atoms with Crippen LogP contribution < -0.4 is 35.8 Å². The first-order valence-electron chi connectivity index (χ1n) is 26.5. The molecule has 5 aliphatic heterocycles. The molecule has 4 fully saturated rings. The molecule has 0 spiro atoms. The van der Waals surface area contributed by atoms with Gasteiger partial charge in [0, 0.05) is 112 Å². The highest BCUT2D eigenvalue weighted by Crippen LogP contribution is 2.43. The minimum atomic E-state index is -2.71. The van der Waals surface area contributed by atoms with Crippen molar-refractivity contribution in [3.05, 3.63) is 113 Å². The first-order chi connectivity index (χ1) is 37.2. The first-order valence-corrected chi connectivity index (χ1v) is 29.9. The van der Waals surface area contributed by atoms with E-state index in [9.17, 15) is 23.7 Å². The summed E-state index contributed by atoms with van der Waals surface area (Å²) in [4.78, 5) is 71.6. The van der Waals surface area contributed by atoms with Gasteiger partial charge in [0.1, 0.15) is 24.8 Å². The molecule has 0 radical (unpaired) electrons. The molecule has 3 N–H and O–H groups in total. The summed E-state index contributed by atoms with van der Waals surface area (Å²) in [6.45, 7) is 12.2. The summed E-state index contributed by atoms with van der Waals surface area (Å²) in [6.07, 6.45) is 10.2. The normalized spacial score (nSPS) is 19.2. The predicted molar refractivity (Wildman–Crippen MR) is 304 cm³/mol. The zero-order chi connectivity index (χ0) is 53.5. The second-order valence-electron chi connectivity index (χ2n) is 21.2. The van der Waals surface area contributed by atoms with E-state index in [0.29, 0.717) is 56.4 Å². The molecule has 2 aromatic heterocycles. The number of aryl methyl sites for hydroxylation is 1. The molecule has 6 aromatic rings. The van der Waals surface area contributed by atoms with Gasteiger partial charge in [0.15, 0.2) is 0 Å². The molecule has 0 bridgehead atoms. The molecule has 4 saturated heterocycles. The number of piperazine rings is 1. The Morgan fingerprint density at radius 3 is 2.19 bits per heavy atom. The number of piperidine rings is 3. The van der Waals surface area contributed by atoms with Crippen molar-refractivity contribution in [1.29, 1.82) is 0 Å². The fourth-order valence-electron chi connectivity index (χ4n) is 11.7. The van der Waals surface area contributed by atoms with Gasteiger partial charge in [0.25, 0.3) is 11.8 Å². The summed E-state index contributed by atoms with van der Waals surface area (Å²) in [5, 5.41) is 14.4. The molecule has 18 nitrogen and oxygen atoms in total. The van der Waals surface area contributed by atoms with Gasteiger partial charge in [-0.1, -0.05) is 36.4 Å². The largest absolute Gasteiger partial charge is 0.494 e. The average Bonchev–Trinajstić information content (AvgIpc) is 3.99. The van der Waals surface area contributed by atoms with Crippen molar-refractivity contribution >= 4 is 86.5 Å². The van der Waals surface area contributed by atoms with E-state index >= 15 is 0 Å². The van der Waals surface area contributed by atoms with E-state index in [1.165, 1.54) is 0 Å². The lowest BCUT2D eigenvalue weighted by molar-refractivity contribution is -0.136. The number of rotatable bonds is 14. The third-order valence-corrected chi connectivity index (χ3v) is 18.0.